The third-order valence-electron chi connectivity index (χ3n) is 10.3. The molecular weight excluding hydrogens is 558 g/mol. The summed E-state index contributed by atoms with van der Waals surface area (Å²) >= 11 is 6.44. The molecule has 4 saturated carbocycles. The highest BCUT2D eigenvalue weighted by Crippen LogP contribution is 2.60. The first kappa shape index (κ1) is 26.5. The number of nitrogens with zero attached hydrogens (tertiary/aromatic N) is 2. The Morgan fingerprint density at radius 3 is 2.19 bits per heavy atom. The number of fused-ring (bicyclic) bond motifs is 1. The molecule has 0 radical (unpaired) electrons. The third-order valence-corrected chi connectivity index (χ3v) is 10.7. The molecule has 4 aromatic rings. The molecule has 3 aromatic carbocycles. The summed E-state index contributed by atoms with van der Waals surface area (Å²) in [6, 6.07) is 22.7. The van der Waals surface area contributed by atoms with E-state index in [1.54, 1.807) is 6.08 Å². The molecule has 216 valence electrons. The van der Waals surface area contributed by atoms with Crippen molar-refractivity contribution in [1.82, 2.24) is 9.88 Å². The molecular formula is C36H32ClN3O3. The van der Waals surface area contributed by atoms with Gasteiger partial charge in [0.1, 0.15) is 5.57 Å². The first-order valence-corrected chi connectivity index (χ1v) is 15.6. The first-order chi connectivity index (χ1) is 20.9. The van der Waals surface area contributed by atoms with E-state index in [4.69, 9.17) is 11.6 Å². The topological polar surface area (TPSA) is 71.4 Å². The van der Waals surface area contributed by atoms with Crippen LogP contribution in [0, 0.1) is 17.8 Å². The Labute approximate surface area is 255 Å². The molecule has 0 spiro atoms. The number of hydrogen-bond acceptors (Lipinski definition) is 3. The van der Waals surface area contributed by atoms with Crippen molar-refractivity contribution < 1.29 is 14.4 Å². The van der Waals surface area contributed by atoms with Crippen LogP contribution in [0.25, 0.3) is 17.0 Å². The van der Waals surface area contributed by atoms with E-state index in [0.29, 0.717) is 22.8 Å². The lowest BCUT2D eigenvalue weighted by Gasteiger charge is -2.57. The van der Waals surface area contributed by atoms with Gasteiger partial charge in [-0.2, -0.15) is 0 Å². The van der Waals surface area contributed by atoms with Gasteiger partial charge < -0.3 is 4.57 Å². The van der Waals surface area contributed by atoms with Gasteiger partial charge in [0.25, 0.3) is 11.8 Å². The van der Waals surface area contributed by atoms with E-state index in [0.717, 1.165) is 39.1 Å². The normalized spacial score (nSPS) is 27.4. The summed E-state index contributed by atoms with van der Waals surface area (Å²) in [6.07, 6.45) is 11.4. The molecule has 1 aromatic heterocycles. The maximum atomic E-state index is 13.8. The fourth-order valence-corrected chi connectivity index (χ4v) is 9.00. The van der Waals surface area contributed by atoms with Gasteiger partial charge in [0.15, 0.2) is 0 Å². The molecule has 7 heteroatoms. The number of anilines is 1. The molecule has 0 atom stereocenters. The predicted molar refractivity (Wildman–Crippen MR) is 168 cm³/mol. The zero-order chi connectivity index (χ0) is 29.3. The molecule has 5 aliphatic rings. The molecule has 5 fully saturated rings. The number of imide groups is 2. The molecule has 2 heterocycles. The molecule has 1 aliphatic heterocycles. The van der Waals surface area contributed by atoms with Crippen LogP contribution in [0.2, 0.25) is 5.02 Å². The first-order valence-electron chi connectivity index (χ1n) is 15.2. The minimum absolute atomic E-state index is 0.0783. The number of benzene rings is 3. The Morgan fingerprint density at radius 2 is 1.49 bits per heavy atom. The Balaban J connectivity index is 1.11. The fraction of sp³-hybridized carbons (Fsp3) is 0.306. The highest BCUT2D eigenvalue weighted by Gasteiger charge is 2.51. The van der Waals surface area contributed by atoms with Crippen LogP contribution in [0.15, 0.2) is 84.6 Å². The number of urea groups is 1. The van der Waals surface area contributed by atoms with Gasteiger partial charge in [-0.15, -0.1) is 0 Å². The van der Waals surface area contributed by atoms with E-state index in [9.17, 15) is 14.4 Å². The number of nitrogens with one attached hydrogen (secondary N) is 1. The summed E-state index contributed by atoms with van der Waals surface area (Å²) in [5.74, 6) is 1.16. The van der Waals surface area contributed by atoms with E-state index in [1.807, 2.05) is 66.9 Å². The zero-order valence-corrected chi connectivity index (χ0v) is 24.5. The SMILES string of the molecule is O=C1NC(=O)N(c2ccc(C34CC5CC(CC(C5)C3)C4)cc2)C(=O)/C1=C/c1cn(Cc2ccccc2Cl)c2ccccc12. The molecule has 1 N–H and O–H groups in total. The van der Waals surface area contributed by atoms with Crippen molar-refractivity contribution in [2.75, 3.05) is 4.90 Å². The zero-order valence-electron chi connectivity index (χ0n) is 23.8. The van der Waals surface area contributed by atoms with Gasteiger partial charge in [0.2, 0.25) is 0 Å². The van der Waals surface area contributed by atoms with Gasteiger partial charge in [-0.3, -0.25) is 14.9 Å². The van der Waals surface area contributed by atoms with Crippen molar-refractivity contribution >= 4 is 52.1 Å². The molecule has 4 bridgehead atoms. The average molecular weight is 590 g/mol. The van der Waals surface area contributed by atoms with Crippen molar-refractivity contribution in [3.05, 3.63) is 106 Å². The predicted octanol–water partition coefficient (Wildman–Crippen LogP) is 7.48. The lowest BCUT2D eigenvalue weighted by molar-refractivity contribution is -0.122. The monoisotopic (exact) mass is 589 g/mol. The van der Waals surface area contributed by atoms with E-state index >= 15 is 0 Å². The summed E-state index contributed by atoms with van der Waals surface area (Å²) < 4.78 is 2.06. The number of rotatable bonds is 5. The second kappa shape index (κ2) is 9.95. The number of carbonyl (C=O) groups excluding carboxylic acids is 3. The lowest BCUT2D eigenvalue weighted by Crippen LogP contribution is -2.54. The number of aromatic nitrogens is 1. The van der Waals surface area contributed by atoms with Gasteiger partial charge in [-0.25, -0.2) is 9.69 Å². The third kappa shape index (κ3) is 4.42. The number of carbonyl (C=O) groups is 3. The van der Waals surface area contributed by atoms with Gasteiger partial charge >= 0.3 is 6.03 Å². The molecule has 4 aliphatic carbocycles. The smallest absolute Gasteiger partial charge is 0.335 e. The van der Waals surface area contributed by atoms with Crippen molar-refractivity contribution in [1.29, 1.82) is 0 Å². The van der Waals surface area contributed by atoms with Gasteiger partial charge in [0.05, 0.1) is 5.69 Å². The molecule has 9 rings (SSSR count). The van der Waals surface area contributed by atoms with E-state index in [1.165, 1.54) is 44.1 Å². The Morgan fingerprint density at radius 1 is 0.837 bits per heavy atom. The van der Waals surface area contributed by atoms with Crippen molar-refractivity contribution in [3.63, 3.8) is 0 Å². The molecule has 1 saturated heterocycles. The van der Waals surface area contributed by atoms with Crippen molar-refractivity contribution in [2.45, 2.75) is 50.5 Å². The quantitative estimate of drug-likeness (QED) is 0.194. The summed E-state index contributed by atoms with van der Waals surface area (Å²) in [5.41, 5.74) is 4.56. The Kier molecular flexibility index (Phi) is 6.12. The van der Waals surface area contributed by atoms with Crippen LogP contribution in [0.3, 0.4) is 0 Å². The maximum absolute atomic E-state index is 13.8. The maximum Gasteiger partial charge on any atom is 0.335 e. The van der Waals surface area contributed by atoms with Crippen LogP contribution in [-0.2, 0) is 21.5 Å². The van der Waals surface area contributed by atoms with Gasteiger partial charge in [0, 0.05) is 34.2 Å². The fourth-order valence-electron chi connectivity index (χ4n) is 8.81. The average Bonchev–Trinajstić information content (AvgIpc) is 3.33. The minimum Gasteiger partial charge on any atom is -0.342 e. The van der Waals surface area contributed by atoms with E-state index in [-0.39, 0.29) is 11.0 Å². The van der Waals surface area contributed by atoms with E-state index < -0.39 is 17.8 Å². The summed E-state index contributed by atoms with van der Waals surface area (Å²) in [6.45, 7) is 0.532. The van der Waals surface area contributed by atoms with Crippen molar-refractivity contribution in [2.24, 2.45) is 17.8 Å². The van der Waals surface area contributed by atoms with Crippen LogP contribution < -0.4 is 10.2 Å². The second-order valence-electron chi connectivity index (χ2n) is 13.0. The Hall–Kier alpha value is -4.16. The highest BCUT2D eigenvalue weighted by atomic mass is 35.5. The van der Waals surface area contributed by atoms with Crippen molar-refractivity contribution in [3.8, 4) is 0 Å². The molecule has 6 nitrogen and oxygen atoms in total. The number of para-hydroxylation sites is 1. The Bertz CT molecular complexity index is 1800. The van der Waals surface area contributed by atoms with Crippen LogP contribution in [0.4, 0.5) is 10.5 Å². The number of barbiturate groups is 1. The summed E-state index contributed by atoms with van der Waals surface area (Å²) in [4.78, 5) is 40.9. The molecule has 0 unspecified atom stereocenters. The largest absolute Gasteiger partial charge is 0.342 e. The highest BCUT2D eigenvalue weighted by molar-refractivity contribution is 6.39. The van der Waals surface area contributed by atoms with Gasteiger partial charge in [-0.1, -0.05) is 60.1 Å². The standard InChI is InChI=1S/C36H32ClN3O3/c37-31-7-3-1-5-25(31)20-39-21-26(29-6-2-4-8-32(29)39)16-30-33(41)38-35(43)40(34(30)42)28-11-9-27(10-12-28)36-17-22-13-23(18-36)15-24(14-22)19-36/h1-12,16,21-24H,13-15,17-20H2,(H,38,41,43)/b30-16+. The summed E-state index contributed by atoms with van der Waals surface area (Å²) in [7, 11) is 0. The number of halogens is 1. The van der Waals surface area contributed by atoms with Crippen LogP contribution in [0.1, 0.15) is 55.2 Å². The minimum atomic E-state index is -0.726. The number of amides is 4. The lowest BCUT2D eigenvalue weighted by atomic mass is 9.48. The molecule has 4 amide bonds. The van der Waals surface area contributed by atoms with Crippen LogP contribution >= 0.6 is 11.6 Å². The number of hydrogen-bond donors (Lipinski definition) is 1. The van der Waals surface area contributed by atoms with Crippen LogP contribution in [0.5, 0.6) is 0 Å². The molecule has 43 heavy (non-hydrogen) atoms. The van der Waals surface area contributed by atoms with Gasteiger partial charge in [-0.05, 0) is 103 Å². The summed E-state index contributed by atoms with van der Waals surface area (Å²) in [5, 5.41) is 3.95. The van der Waals surface area contributed by atoms with Crippen LogP contribution in [-0.4, -0.2) is 22.4 Å². The van der Waals surface area contributed by atoms with E-state index in [2.05, 4.69) is 22.0 Å². The second-order valence-corrected chi connectivity index (χ2v) is 13.4.